The second-order valence-electron chi connectivity index (χ2n) is 7.86. The first-order valence-corrected chi connectivity index (χ1v) is 10.5. The molecular formula is C27H25NO4. The Morgan fingerprint density at radius 3 is 2.38 bits per heavy atom. The summed E-state index contributed by atoms with van der Waals surface area (Å²) in [5, 5.41) is 10.8. The largest absolute Gasteiger partial charge is 0.503 e. The number of carbonyl (C=O) groups excluding carboxylic acids is 2. The van der Waals surface area contributed by atoms with E-state index in [2.05, 4.69) is 0 Å². The maximum atomic E-state index is 13.3. The molecule has 5 heteroatoms. The summed E-state index contributed by atoms with van der Waals surface area (Å²) in [5.74, 6) is -0.620. The Morgan fingerprint density at radius 2 is 1.72 bits per heavy atom. The van der Waals surface area contributed by atoms with Crippen LogP contribution >= 0.6 is 0 Å². The minimum Gasteiger partial charge on any atom is -0.503 e. The molecule has 0 fully saturated rings. The highest BCUT2D eigenvalue weighted by atomic mass is 16.5. The van der Waals surface area contributed by atoms with E-state index >= 15 is 0 Å². The molecule has 1 aliphatic heterocycles. The summed E-state index contributed by atoms with van der Waals surface area (Å²) >= 11 is 0. The molecule has 0 bridgehead atoms. The Kier molecular flexibility index (Phi) is 6.08. The smallest absolute Gasteiger partial charge is 0.294 e. The highest BCUT2D eigenvalue weighted by Gasteiger charge is 2.44. The molecule has 32 heavy (non-hydrogen) atoms. The molecular weight excluding hydrogens is 402 g/mol. The molecule has 0 saturated carbocycles. The summed E-state index contributed by atoms with van der Waals surface area (Å²) in [6.07, 6.45) is 0.732. The number of hydrogen-bond donors (Lipinski definition) is 1. The van der Waals surface area contributed by atoms with Crippen LogP contribution in [0.5, 0.6) is 5.75 Å². The SMILES string of the molecule is COc1ccc(C2C(C(=O)CCc3ccccc3)=C(O)C(=O)N2c2cccc(C)c2)cc1. The van der Waals surface area contributed by atoms with Crippen LogP contribution in [0.2, 0.25) is 0 Å². The first kappa shape index (κ1) is 21.4. The van der Waals surface area contributed by atoms with Gasteiger partial charge >= 0.3 is 0 Å². The molecule has 0 saturated heterocycles. The Balaban J connectivity index is 1.73. The number of rotatable bonds is 7. The Hall–Kier alpha value is -3.86. The fourth-order valence-electron chi connectivity index (χ4n) is 4.07. The third kappa shape index (κ3) is 4.14. The average molecular weight is 428 g/mol. The molecule has 1 N–H and O–H groups in total. The lowest BCUT2D eigenvalue weighted by Gasteiger charge is -2.27. The van der Waals surface area contributed by atoms with E-state index in [9.17, 15) is 14.7 Å². The predicted molar refractivity (Wildman–Crippen MR) is 124 cm³/mol. The van der Waals surface area contributed by atoms with Crippen LogP contribution in [0.4, 0.5) is 5.69 Å². The molecule has 162 valence electrons. The van der Waals surface area contributed by atoms with Crippen molar-refractivity contribution in [1.29, 1.82) is 0 Å². The fourth-order valence-corrected chi connectivity index (χ4v) is 4.07. The van der Waals surface area contributed by atoms with Gasteiger partial charge in [-0.05, 0) is 54.3 Å². The van der Waals surface area contributed by atoms with E-state index < -0.39 is 17.7 Å². The monoisotopic (exact) mass is 427 g/mol. The fraction of sp³-hybridized carbons (Fsp3) is 0.185. The molecule has 1 aliphatic rings. The summed E-state index contributed by atoms with van der Waals surface area (Å²) < 4.78 is 5.25. The third-order valence-corrected chi connectivity index (χ3v) is 5.70. The van der Waals surface area contributed by atoms with Crippen molar-refractivity contribution < 1.29 is 19.4 Å². The number of ketones is 1. The lowest BCUT2D eigenvalue weighted by Crippen LogP contribution is -2.31. The minimum atomic E-state index is -0.710. The van der Waals surface area contributed by atoms with Gasteiger partial charge in [0.15, 0.2) is 11.5 Å². The van der Waals surface area contributed by atoms with E-state index in [0.29, 0.717) is 17.9 Å². The van der Waals surface area contributed by atoms with Gasteiger partial charge in [0.05, 0.1) is 18.7 Å². The third-order valence-electron chi connectivity index (χ3n) is 5.70. The van der Waals surface area contributed by atoms with Crippen LogP contribution in [0.1, 0.15) is 29.2 Å². The molecule has 0 aliphatic carbocycles. The lowest BCUT2D eigenvalue weighted by atomic mass is 9.93. The van der Waals surface area contributed by atoms with Crippen LogP contribution in [0.3, 0.4) is 0 Å². The second-order valence-corrected chi connectivity index (χ2v) is 7.86. The normalized spacial score (nSPS) is 15.9. The zero-order valence-electron chi connectivity index (χ0n) is 18.1. The second kappa shape index (κ2) is 9.10. The van der Waals surface area contributed by atoms with Gasteiger partial charge in [-0.25, -0.2) is 0 Å². The van der Waals surface area contributed by atoms with Gasteiger partial charge in [0.25, 0.3) is 5.91 Å². The Morgan fingerprint density at radius 1 is 1.00 bits per heavy atom. The van der Waals surface area contributed by atoms with Crippen molar-refractivity contribution in [3.63, 3.8) is 0 Å². The standard InChI is InChI=1S/C27H25NO4/c1-18-7-6-10-21(17-18)28-25(20-12-14-22(32-2)15-13-20)24(26(30)27(28)31)23(29)16-11-19-8-4-3-5-9-19/h3-10,12-15,17,25,30H,11,16H2,1-2H3. The van der Waals surface area contributed by atoms with Gasteiger partial charge < -0.3 is 9.84 Å². The van der Waals surface area contributed by atoms with Crippen molar-refractivity contribution in [2.45, 2.75) is 25.8 Å². The lowest BCUT2D eigenvalue weighted by molar-refractivity contribution is -0.118. The van der Waals surface area contributed by atoms with Gasteiger partial charge in [-0.1, -0.05) is 54.6 Å². The van der Waals surface area contributed by atoms with Crippen molar-refractivity contribution in [3.05, 3.63) is 107 Å². The number of aryl methyl sites for hydroxylation is 2. The van der Waals surface area contributed by atoms with Crippen molar-refractivity contribution in [3.8, 4) is 5.75 Å². The number of hydrogen-bond acceptors (Lipinski definition) is 4. The molecule has 3 aromatic rings. The van der Waals surface area contributed by atoms with Gasteiger partial charge in [-0.15, -0.1) is 0 Å². The van der Waals surface area contributed by atoms with Crippen LogP contribution in [-0.2, 0) is 16.0 Å². The molecule has 3 aromatic carbocycles. The van der Waals surface area contributed by atoms with Crippen molar-refractivity contribution >= 4 is 17.4 Å². The van der Waals surface area contributed by atoms with Crippen LogP contribution in [0, 0.1) is 6.92 Å². The van der Waals surface area contributed by atoms with Gasteiger partial charge in [-0.2, -0.15) is 0 Å². The van der Waals surface area contributed by atoms with E-state index in [4.69, 9.17) is 4.74 Å². The van der Waals surface area contributed by atoms with Crippen LogP contribution in [-0.4, -0.2) is 23.9 Å². The number of carbonyl (C=O) groups is 2. The molecule has 4 rings (SSSR count). The zero-order chi connectivity index (χ0) is 22.7. The maximum Gasteiger partial charge on any atom is 0.294 e. The summed E-state index contributed by atoms with van der Waals surface area (Å²) in [7, 11) is 1.58. The molecule has 1 atom stereocenters. The van der Waals surface area contributed by atoms with Crippen LogP contribution in [0.15, 0.2) is 90.2 Å². The van der Waals surface area contributed by atoms with Gasteiger partial charge in [0, 0.05) is 12.1 Å². The summed E-state index contributed by atoms with van der Waals surface area (Å²) in [6, 6.07) is 23.7. The number of aliphatic hydroxyl groups is 1. The van der Waals surface area contributed by atoms with E-state index in [-0.39, 0.29) is 17.8 Å². The predicted octanol–water partition coefficient (Wildman–Crippen LogP) is 5.11. The number of aliphatic hydroxyl groups excluding tert-OH is 1. The summed E-state index contributed by atoms with van der Waals surface area (Å²) in [4.78, 5) is 28.0. The highest BCUT2D eigenvalue weighted by molar-refractivity contribution is 6.16. The molecule has 1 unspecified atom stereocenters. The number of anilines is 1. The molecule has 5 nitrogen and oxygen atoms in total. The van der Waals surface area contributed by atoms with E-state index in [0.717, 1.165) is 16.7 Å². The Bertz CT molecular complexity index is 1170. The average Bonchev–Trinajstić information content (AvgIpc) is 3.09. The number of benzene rings is 3. The first-order chi connectivity index (χ1) is 15.5. The molecule has 1 amide bonds. The first-order valence-electron chi connectivity index (χ1n) is 10.5. The number of nitrogens with zero attached hydrogens (tertiary/aromatic N) is 1. The van der Waals surface area contributed by atoms with Crippen molar-refractivity contribution in [1.82, 2.24) is 0 Å². The zero-order valence-corrected chi connectivity index (χ0v) is 18.1. The van der Waals surface area contributed by atoms with E-state index in [1.165, 1.54) is 4.90 Å². The quantitative estimate of drug-likeness (QED) is 0.569. The summed E-state index contributed by atoms with van der Waals surface area (Å²) in [6.45, 7) is 1.94. The number of methoxy groups -OCH3 is 1. The molecule has 0 aromatic heterocycles. The van der Waals surface area contributed by atoms with Gasteiger partial charge in [0.1, 0.15) is 5.75 Å². The number of ether oxygens (including phenoxy) is 1. The maximum absolute atomic E-state index is 13.3. The molecule has 0 radical (unpaired) electrons. The van der Waals surface area contributed by atoms with Crippen molar-refractivity contribution in [2.24, 2.45) is 0 Å². The van der Waals surface area contributed by atoms with Gasteiger partial charge in [-0.3, -0.25) is 14.5 Å². The highest BCUT2D eigenvalue weighted by Crippen LogP contribution is 2.42. The Labute approximate surface area is 187 Å². The number of Topliss-reactive ketones (excluding diaryl/α,β-unsaturated/α-hetero) is 1. The van der Waals surface area contributed by atoms with E-state index in [1.807, 2.05) is 73.7 Å². The topological polar surface area (TPSA) is 66.8 Å². The summed E-state index contributed by atoms with van der Waals surface area (Å²) in [5.41, 5.74) is 3.51. The van der Waals surface area contributed by atoms with Crippen LogP contribution in [0.25, 0.3) is 0 Å². The minimum absolute atomic E-state index is 0.137. The number of amides is 1. The molecule has 0 spiro atoms. The van der Waals surface area contributed by atoms with Crippen molar-refractivity contribution in [2.75, 3.05) is 12.0 Å². The molecule has 1 heterocycles. The van der Waals surface area contributed by atoms with Crippen LogP contribution < -0.4 is 9.64 Å². The van der Waals surface area contributed by atoms with Gasteiger partial charge in [0.2, 0.25) is 0 Å². The van der Waals surface area contributed by atoms with E-state index in [1.54, 1.807) is 19.2 Å².